The summed E-state index contributed by atoms with van der Waals surface area (Å²) in [5.41, 5.74) is 8.96. The number of hydrogen-bond donors (Lipinski definition) is 0. The van der Waals surface area contributed by atoms with E-state index >= 15 is 0 Å². The Morgan fingerprint density at radius 1 is 0.314 bits per heavy atom. The van der Waals surface area contributed by atoms with E-state index in [-0.39, 0.29) is 0 Å². The highest BCUT2D eigenvalue weighted by atomic mass is 16.5. The summed E-state index contributed by atoms with van der Waals surface area (Å²) in [5, 5.41) is 9.99. The van der Waals surface area contributed by atoms with Crippen molar-refractivity contribution in [2.75, 3.05) is 4.90 Å². The molecular formula is C48H30N2O. The normalized spacial score (nSPS) is 12.4. The van der Waals surface area contributed by atoms with Crippen molar-refractivity contribution < 1.29 is 4.74 Å². The van der Waals surface area contributed by atoms with E-state index in [4.69, 9.17) is 4.74 Å². The van der Waals surface area contributed by atoms with Crippen molar-refractivity contribution in [1.29, 1.82) is 0 Å². The van der Waals surface area contributed by atoms with E-state index in [1.54, 1.807) is 0 Å². The molecule has 2 heterocycles. The molecule has 0 saturated carbocycles. The minimum absolute atomic E-state index is 0.822. The maximum atomic E-state index is 6.72. The van der Waals surface area contributed by atoms with E-state index < -0.39 is 0 Å². The Kier molecular flexibility index (Phi) is 5.96. The molecule has 0 saturated heterocycles. The second-order valence-electron chi connectivity index (χ2n) is 13.3. The molecule has 1 aliphatic rings. The first kappa shape index (κ1) is 28.0. The molecule has 0 atom stereocenters. The Balaban J connectivity index is 1.14. The number of anilines is 3. The van der Waals surface area contributed by atoms with Crippen molar-refractivity contribution in [2.24, 2.45) is 0 Å². The average Bonchev–Trinajstić information content (AvgIpc) is 3.54. The lowest BCUT2D eigenvalue weighted by molar-refractivity contribution is 0.477. The van der Waals surface area contributed by atoms with Crippen LogP contribution in [0.15, 0.2) is 182 Å². The second-order valence-corrected chi connectivity index (χ2v) is 13.3. The fraction of sp³-hybridized carbons (Fsp3) is 0. The minimum Gasteiger partial charge on any atom is -0.453 e. The van der Waals surface area contributed by atoms with Gasteiger partial charge in [0.05, 0.1) is 28.1 Å². The third kappa shape index (κ3) is 4.19. The van der Waals surface area contributed by atoms with E-state index in [2.05, 4.69) is 185 Å². The maximum Gasteiger partial charge on any atom is 0.153 e. The van der Waals surface area contributed by atoms with Crippen LogP contribution in [-0.4, -0.2) is 4.57 Å². The zero-order valence-electron chi connectivity index (χ0n) is 27.6. The molecule has 0 spiro atoms. The van der Waals surface area contributed by atoms with E-state index in [0.717, 1.165) is 34.2 Å². The first-order valence-corrected chi connectivity index (χ1v) is 17.4. The summed E-state index contributed by atoms with van der Waals surface area (Å²) in [4.78, 5) is 2.35. The van der Waals surface area contributed by atoms with Gasteiger partial charge in [0.15, 0.2) is 11.5 Å². The summed E-state index contributed by atoms with van der Waals surface area (Å²) in [6, 6.07) is 65.5. The molecule has 0 amide bonds. The van der Waals surface area contributed by atoms with Crippen LogP contribution < -0.4 is 9.64 Å². The highest BCUT2D eigenvalue weighted by molar-refractivity contribution is 6.26. The van der Waals surface area contributed by atoms with Crippen LogP contribution in [0.2, 0.25) is 0 Å². The van der Waals surface area contributed by atoms with Crippen molar-refractivity contribution in [3.8, 4) is 28.3 Å². The van der Waals surface area contributed by atoms with Gasteiger partial charge in [0.25, 0.3) is 0 Å². The van der Waals surface area contributed by atoms with Crippen molar-refractivity contribution >= 4 is 71.2 Å². The highest BCUT2D eigenvalue weighted by Gasteiger charge is 2.27. The van der Waals surface area contributed by atoms with Crippen LogP contribution in [0.3, 0.4) is 0 Å². The number of aromatic nitrogens is 1. The molecule has 0 bridgehead atoms. The molecule has 1 aromatic heterocycles. The lowest BCUT2D eigenvalue weighted by atomic mass is 9.91. The van der Waals surface area contributed by atoms with Gasteiger partial charge in [0.2, 0.25) is 0 Å². The summed E-state index contributed by atoms with van der Waals surface area (Å²) in [6.07, 6.45) is 0. The monoisotopic (exact) mass is 650 g/mol. The molecule has 0 aliphatic carbocycles. The zero-order valence-corrected chi connectivity index (χ0v) is 27.6. The van der Waals surface area contributed by atoms with Crippen molar-refractivity contribution in [3.05, 3.63) is 182 Å². The van der Waals surface area contributed by atoms with Crippen LogP contribution in [0.25, 0.3) is 70.9 Å². The quantitative estimate of drug-likeness (QED) is 0.177. The lowest BCUT2D eigenvalue weighted by Gasteiger charge is -2.33. The number of ether oxygens (including phenoxy) is 1. The number of hydrogen-bond acceptors (Lipinski definition) is 2. The highest BCUT2D eigenvalue weighted by Crippen LogP contribution is 2.52. The van der Waals surface area contributed by atoms with Gasteiger partial charge in [0, 0.05) is 22.5 Å². The molecule has 238 valence electrons. The summed E-state index contributed by atoms with van der Waals surface area (Å²) in [5.74, 6) is 1.65. The first-order valence-electron chi connectivity index (χ1n) is 17.4. The van der Waals surface area contributed by atoms with Crippen molar-refractivity contribution in [2.45, 2.75) is 0 Å². The minimum atomic E-state index is 0.822. The Labute approximate surface area is 294 Å². The number of fused-ring (bicyclic) bond motifs is 11. The predicted molar refractivity (Wildman–Crippen MR) is 213 cm³/mol. The van der Waals surface area contributed by atoms with E-state index in [1.807, 2.05) is 6.07 Å². The average molecular weight is 651 g/mol. The molecule has 0 fully saturated rings. The molecular weight excluding hydrogens is 621 g/mol. The Bertz CT molecular complexity index is 2960. The zero-order chi connectivity index (χ0) is 33.5. The maximum absolute atomic E-state index is 6.72. The largest absolute Gasteiger partial charge is 0.453 e. The predicted octanol–water partition coefficient (Wildman–Crippen LogP) is 13.5. The van der Waals surface area contributed by atoms with Gasteiger partial charge in [-0.15, -0.1) is 0 Å². The van der Waals surface area contributed by atoms with Gasteiger partial charge in [-0.05, 0) is 98.0 Å². The SMILES string of the molecule is c1ccc(-c2ccc3c4ccccc4c4ccc(N5c6ccccc6Oc6cc(-n7c8ccccc8c8ccccc87)ccc65)cc4c3c2)cc1. The van der Waals surface area contributed by atoms with Gasteiger partial charge >= 0.3 is 0 Å². The van der Waals surface area contributed by atoms with Gasteiger partial charge in [-0.1, -0.05) is 121 Å². The topological polar surface area (TPSA) is 17.4 Å². The molecule has 10 aromatic rings. The van der Waals surface area contributed by atoms with Crippen molar-refractivity contribution in [1.82, 2.24) is 4.57 Å². The summed E-state index contributed by atoms with van der Waals surface area (Å²) < 4.78 is 9.06. The number of rotatable bonds is 3. The Hall–Kier alpha value is -6.84. The van der Waals surface area contributed by atoms with Gasteiger partial charge in [-0.25, -0.2) is 0 Å². The fourth-order valence-corrected chi connectivity index (χ4v) is 8.26. The summed E-state index contributed by atoms with van der Waals surface area (Å²) >= 11 is 0. The summed E-state index contributed by atoms with van der Waals surface area (Å²) in [7, 11) is 0. The van der Waals surface area contributed by atoms with Crippen LogP contribution >= 0.6 is 0 Å². The molecule has 0 N–H and O–H groups in total. The summed E-state index contributed by atoms with van der Waals surface area (Å²) in [6.45, 7) is 0. The molecule has 1 aliphatic heterocycles. The van der Waals surface area contributed by atoms with Crippen LogP contribution in [-0.2, 0) is 0 Å². The van der Waals surface area contributed by atoms with Crippen LogP contribution in [0.5, 0.6) is 11.5 Å². The second kappa shape index (κ2) is 10.8. The van der Waals surface area contributed by atoms with Gasteiger partial charge < -0.3 is 14.2 Å². The van der Waals surface area contributed by atoms with Crippen LogP contribution in [0, 0.1) is 0 Å². The van der Waals surface area contributed by atoms with E-state index in [1.165, 1.54) is 65.3 Å². The molecule has 3 nitrogen and oxygen atoms in total. The first-order chi connectivity index (χ1) is 25.3. The third-order valence-electron chi connectivity index (χ3n) is 10.5. The molecule has 0 unspecified atom stereocenters. The van der Waals surface area contributed by atoms with E-state index in [9.17, 15) is 0 Å². The Morgan fingerprint density at radius 2 is 0.863 bits per heavy atom. The lowest BCUT2D eigenvalue weighted by Crippen LogP contribution is -2.16. The van der Waals surface area contributed by atoms with E-state index in [0.29, 0.717) is 0 Å². The molecule has 51 heavy (non-hydrogen) atoms. The number of nitrogens with zero attached hydrogens (tertiary/aromatic N) is 2. The number of para-hydroxylation sites is 4. The smallest absolute Gasteiger partial charge is 0.153 e. The molecule has 0 radical (unpaired) electrons. The standard InChI is InChI=1S/C48H30N2O/c1-2-12-31(13-3-1)32-22-25-37-35-14-4-5-15-36(35)38-26-23-33(29-42(38)41(37)28-32)50-45-20-10-11-21-47(45)51-48-30-34(24-27-46(48)50)49-43-18-8-6-16-39(43)40-17-7-9-19-44(40)49/h1-30H. The molecule has 11 rings (SSSR count). The third-order valence-corrected chi connectivity index (χ3v) is 10.5. The van der Waals surface area contributed by atoms with Crippen LogP contribution in [0.1, 0.15) is 0 Å². The fourth-order valence-electron chi connectivity index (χ4n) is 8.26. The van der Waals surface area contributed by atoms with Crippen molar-refractivity contribution in [3.63, 3.8) is 0 Å². The molecule has 9 aromatic carbocycles. The van der Waals surface area contributed by atoms with Gasteiger partial charge in [0.1, 0.15) is 0 Å². The number of benzene rings is 9. The molecule has 3 heteroatoms. The van der Waals surface area contributed by atoms with Gasteiger partial charge in [-0.2, -0.15) is 0 Å². The van der Waals surface area contributed by atoms with Crippen LogP contribution in [0.4, 0.5) is 17.1 Å². The van der Waals surface area contributed by atoms with Gasteiger partial charge in [-0.3, -0.25) is 0 Å². The Morgan fingerprint density at radius 3 is 1.61 bits per heavy atom.